The van der Waals surface area contributed by atoms with Crippen molar-refractivity contribution in [2.24, 2.45) is 0 Å². The van der Waals surface area contributed by atoms with Crippen molar-refractivity contribution in [1.29, 1.82) is 0 Å². The van der Waals surface area contributed by atoms with Crippen LogP contribution in [0, 0.1) is 0 Å². The molecule has 0 atom stereocenters. The van der Waals surface area contributed by atoms with Crippen LogP contribution in [0.3, 0.4) is 0 Å². The third-order valence-corrected chi connectivity index (χ3v) is 4.94. The Morgan fingerprint density at radius 1 is 1.33 bits per heavy atom. The molecule has 0 spiro atoms. The third-order valence-electron chi connectivity index (χ3n) is 2.61. The van der Waals surface area contributed by atoms with Crippen LogP contribution in [-0.4, -0.2) is 40.4 Å². The van der Waals surface area contributed by atoms with Crippen LogP contribution >= 0.6 is 35.6 Å². The summed E-state index contributed by atoms with van der Waals surface area (Å²) in [6.07, 6.45) is 1.66. The summed E-state index contributed by atoms with van der Waals surface area (Å²) < 4.78 is 30.5. The maximum Gasteiger partial charge on any atom is 0.266 e. The van der Waals surface area contributed by atoms with Gasteiger partial charge in [-0.1, -0.05) is 47.7 Å². The molecule has 21 heavy (non-hydrogen) atoms. The van der Waals surface area contributed by atoms with Crippen LogP contribution in [0.25, 0.3) is 6.08 Å². The fraction of sp³-hybridized carbons (Fsp3) is 0.167. The number of rotatable bonds is 4. The quantitative estimate of drug-likeness (QED) is 0.503. The summed E-state index contributed by atoms with van der Waals surface area (Å²) in [6, 6.07) is 6.92. The lowest BCUT2D eigenvalue weighted by Crippen LogP contribution is -2.32. The van der Waals surface area contributed by atoms with Crippen molar-refractivity contribution in [3.8, 4) is 0 Å². The van der Waals surface area contributed by atoms with E-state index in [-0.39, 0.29) is 16.8 Å². The van der Waals surface area contributed by atoms with E-state index in [0.29, 0.717) is 9.93 Å². The number of carbonyl (C=O) groups excluding carboxylic acids is 1. The van der Waals surface area contributed by atoms with E-state index >= 15 is 0 Å². The highest BCUT2D eigenvalue weighted by molar-refractivity contribution is 8.26. The molecule has 1 heterocycles. The van der Waals surface area contributed by atoms with Crippen LogP contribution < -0.4 is 0 Å². The fourth-order valence-corrected chi connectivity index (χ4v) is 3.46. The van der Waals surface area contributed by atoms with Gasteiger partial charge >= 0.3 is 0 Å². The Bertz CT molecular complexity index is 713. The van der Waals surface area contributed by atoms with Crippen molar-refractivity contribution in [2.45, 2.75) is 0 Å². The average Bonchev–Trinajstić information content (AvgIpc) is 2.64. The normalized spacial score (nSPS) is 17.8. The lowest BCUT2D eigenvalue weighted by Gasteiger charge is -2.12. The minimum Gasteiger partial charge on any atom is -0.292 e. The van der Waals surface area contributed by atoms with E-state index < -0.39 is 15.9 Å². The summed E-state index contributed by atoms with van der Waals surface area (Å²) in [5.41, 5.74) is 0.787. The van der Waals surface area contributed by atoms with Gasteiger partial charge in [-0.25, -0.2) is 0 Å². The van der Waals surface area contributed by atoms with Crippen molar-refractivity contribution in [1.82, 2.24) is 4.90 Å². The Kier molecular flexibility index (Phi) is 5.05. The molecule has 5 nitrogen and oxygen atoms in total. The minimum atomic E-state index is -4.14. The Balaban J connectivity index is 2.15. The number of hydrogen-bond acceptors (Lipinski definition) is 5. The predicted molar refractivity (Wildman–Crippen MR) is 87.7 cm³/mol. The van der Waals surface area contributed by atoms with Crippen LogP contribution in [0.4, 0.5) is 0 Å². The molecule has 0 saturated carbocycles. The van der Waals surface area contributed by atoms with E-state index in [0.717, 1.165) is 22.2 Å². The lowest BCUT2D eigenvalue weighted by atomic mass is 10.2. The first-order valence-corrected chi connectivity index (χ1v) is 8.93. The van der Waals surface area contributed by atoms with E-state index in [1.807, 2.05) is 0 Å². The van der Waals surface area contributed by atoms with Crippen LogP contribution in [0.1, 0.15) is 5.56 Å². The summed E-state index contributed by atoms with van der Waals surface area (Å²) in [5, 5.41) is 0.591. The van der Waals surface area contributed by atoms with Gasteiger partial charge in [0, 0.05) is 11.6 Å². The van der Waals surface area contributed by atoms with Gasteiger partial charge in [-0.2, -0.15) is 8.42 Å². The first kappa shape index (κ1) is 16.4. The van der Waals surface area contributed by atoms with Gasteiger partial charge in [-0.05, 0) is 23.8 Å². The van der Waals surface area contributed by atoms with Gasteiger partial charge < -0.3 is 0 Å². The number of hydrogen-bond donors (Lipinski definition) is 1. The van der Waals surface area contributed by atoms with Gasteiger partial charge in [-0.15, -0.1) is 0 Å². The number of thiocarbonyl (C=S) groups is 1. The smallest absolute Gasteiger partial charge is 0.266 e. The second-order valence-corrected chi connectivity index (χ2v) is 7.86. The maximum absolute atomic E-state index is 12.2. The number of amides is 1. The number of nitrogens with zero attached hydrogens (tertiary/aromatic N) is 1. The molecule has 0 aliphatic carbocycles. The molecule has 1 aromatic carbocycles. The van der Waals surface area contributed by atoms with E-state index in [9.17, 15) is 13.2 Å². The average molecular weight is 364 g/mol. The predicted octanol–water partition coefficient (Wildman–Crippen LogP) is 2.43. The second kappa shape index (κ2) is 6.45. The Hall–Kier alpha value is -0.930. The third kappa shape index (κ3) is 4.52. The van der Waals surface area contributed by atoms with Crippen LogP contribution in [-0.2, 0) is 14.9 Å². The lowest BCUT2D eigenvalue weighted by molar-refractivity contribution is -0.121. The summed E-state index contributed by atoms with van der Waals surface area (Å²) in [6.45, 7) is -0.165. The van der Waals surface area contributed by atoms with Crippen LogP contribution in [0.15, 0.2) is 29.2 Å². The molecule has 1 aliphatic heterocycles. The first-order valence-electron chi connectivity index (χ1n) is 5.72. The van der Waals surface area contributed by atoms with E-state index in [1.54, 1.807) is 30.3 Å². The minimum absolute atomic E-state index is 0.165. The largest absolute Gasteiger partial charge is 0.292 e. The van der Waals surface area contributed by atoms with E-state index in [1.165, 1.54) is 0 Å². The van der Waals surface area contributed by atoms with Gasteiger partial charge in [0.1, 0.15) is 4.32 Å². The molecule has 0 radical (unpaired) electrons. The van der Waals surface area contributed by atoms with Crippen molar-refractivity contribution >= 4 is 62.0 Å². The molecule has 1 amide bonds. The number of benzene rings is 1. The van der Waals surface area contributed by atoms with Crippen LogP contribution in [0.5, 0.6) is 0 Å². The molecule has 0 bridgehead atoms. The highest BCUT2D eigenvalue weighted by Crippen LogP contribution is 2.32. The van der Waals surface area contributed by atoms with Gasteiger partial charge in [0.25, 0.3) is 16.0 Å². The summed E-state index contributed by atoms with van der Waals surface area (Å²) in [5.74, 6) is -0.920. The molecule has 1 saturated heterocycles. The zero-order chi connectivity index (χ0) is 15.6. The molecule has 2 rings (SSSR count). The van der Waals surface area contributed by atoms with Gasteiger partial charge in [0.15, 0.2) is 0 Å². The Morgan fingerprint density at radius 3 is 2.52 bits per heavy atom. The zero-order valence-electron chi connectivity index (χ0n) is 10.5. The van der Waals surface area contributed by atoms with Crippen molar-refractivity contribution in [3.63, 3.8) is 0 Å². The van der Waals surface area contributed by atoms with Gasteiger partial charge in [0.2, 0.25) is 0 Å². The Morgan fingerprint density at radius 2 is 1.95 bits per heavy atom. The molecule has 9 heteroatoms. The van der Waals surface area contributed by atoms with Crippen LogP contribution in [0.2, 0.25) is 5.02 Å². The molecular weight excluding hydrogens is 354 g/mol. The zero-order valence-corrected chi connectivity index (χ0v) is 13.7. The molecule has 1 aliphatic rings. The molecule has 1 fully saturated rings. The standard InChI is InChI=1S/C12H10ClNO4S3/c13-9-3-1-8(2-4-9)7-10-11(15)14(12(19)20-10)5-6-21(16,17)18/h1-4,7H,5-6H2,(H,16,17,18). The number of halogens is 1. The van der Waals surface area contributed by atoms with Crippen molar-refractivity contribution < 1.29 is 17.8 Å². The highest BCUT2D eigenvalue weighted by atomic mass is 35.5. The SMILES string of the molecule is O=C1C(=Cc2ccc(Cl)cc2)SC(=S)N1CCS(=O)(=O)O. The molecular formula is C12H10ClNO4S3. The highest BCUT2D eigenvalue weighted by Gasteiger charge is 2.32. The van der Waals surface area contributed by atoms with E-state index in [2.05, 4.69) is 0 Å². The summed E-state index contributed by atoms with van der Waals surface area (Å²) in [7, 11) is -4.14. The maximum atomic E-state index is 12.2. The fourth-order valence-electron chi connectivity index (χ4n) is 1.61. The topological polar surface area (TPSA) is 74.7 Å². The summed E-state index contributed by atoms with van der Waals surface area (Å²) in [4.78, 5) is 13.7. The van der Waals surface area contributed by atoms with Crippen molar-refractivity contribution in [3.05, 3.63) is 39.8 Å². The number of thioether (sulfide) groups is 1. The van der Waals surface area contributed by atoms with E-state index in [4.69, 9.17) is 28.4 Å². The van der Waals surface area contributed by atoms with Gasteiger partial charge in [-0.3, -0.25) is 14.2 Å². The molecule has 112 valence electrons. The van der Waals surface area contributed by atoms with Crippen molar-refractivity contribution in [2.75, 3.05) is 12.3 Å². The Labute approximate surface area is 136 Å². The summed E-state index contributed by atoms with van der Waals surface area (Å²) >= 11 is 11.9. The molecule has 0 unspecified atom stereocenters. The number of carbonyl (C=O) groups is 1. The second-order valence-electron chi connectivity index (χ2n) is 4.17. The molecule has 1 N–H and O–H groups in total. The monoisotopic (exact) mass is 363 g/mol. The molecule has 0 aromatic heterocycles. The first-order chi connectivity index (χ1) is 9.76. The molecule has 1 aromatic rings. The van der Waals surface area contributed by atoms with Gasteiger partial charge in [0.05, 0.1) is 10.7 Å².